The summed E-state index contributed by atoms with van der Waals surface area (Å²) >= 11 is 0. The first-order valence-electron chi connectivity index (χ1n) is 21.2. The van der Waals surface area contributed by atoms with Crippen LogP contribution in [-0.4, -0.2) is 76.2 Å². The molecule has 2 unspecified atom stereocenters. The highest BCUT2D eigenvalue weighted by atomic mass is 33.1. The SMILES string of the molecule is O=C(CCCCC(=O)Oc1ccc([N+](=O)[O-])cc1)CC(Cc1ccccc1)C(=O)OCCSSCCOC(=O)C(Cc1ccccc1)NC(=O)CCCCC(=O)Oc1ccc([N+](=O)[O-])cc1. The number of nitro groups is 2. The molecule has 0 fully saturated rings. The van der Waals surface area contributed by atoms with Gasteiger partial charge >= 0.3 is 23.9 Å². The first kappa shape index (κ1) is 52.0. The van der Waals surface area contributed by atoms with Gasteiger partial charge in [0.1, 0.15) is 36.5 Å². The van der Waals surface area contributed by atoms with Crippen LogP contribution in [0.1, 0.15) is 68.9 Å². The number of carbonyl (C=O) groups excluding carboxylic acids is 6. The van der Waals surface area contributed by atoms with E-state index in [4.69, 9.17) is 18.9 Å². The van der Waals surface area contributed by atoms with Gasteiger partial charge < -0.3 is 24.3 Å². The molecule has 0 bridgehead atoms. The molecule has 0 saturated heterocycles. The van der Waals surface area contributed by atoms with Crippen molar-refractivity contribution >= 4 is 68.5 Å². The molecular weight excluding hydrogens is 895 g/mol. The molecule has 4 aromatic carbocycles. The molecule has 1 amide bonds. The Hall–Kier alpha value is -6.60. The largest absolute Gasteiger partial charge is 0.465 e. The minimum atomic E-state index is -0.945. The van der Waals surface area contributed by atoms with Gasteiger partial charge in [0.15, 0.2) is 0 Å². The minimum absolute atomic E-state index is 0.0237. The van der Waals surface area contributed by atoms with E-state index in [1.54, 1.807) is 0 Å². The monoisotopic (exact) mass is 945 g/mol. The maximum absolute atomic E-state index is 13.2. The maximum Gasteiger partial charge on any atom is 0.329 e. The lowest BCUT2D eigenvalue weighted by Crippen LogP contribution is -2.43. The van der Waals surface area contributed by atoms with Gasteiger partial charge in [0.25, 0.3) is 11.4 Å². The minimum Gasteiger partial charge on any atom is -0.465 e. The lowest BCUT2D eigenvalue weighted by atomic mass is 9.93. The second-order valence-corrected chi connectivity index (χ2v) is 17.5. The summed E-state index contributed by atoms with van der Waals surface area (Å²) in [5.74, 6) is -2.16. The summed E-state index contributed by atoms with van der Waals surface area (Å²) in [6.07, 6.45) is 2.27. The van der Waals surface area contributed by atoms with E-state index < -0.39 is 45.7 Å². The molecule has 0 spiro atoms. The molecule has 0 radical (unpaired) electrons. The second-order valence-electron chi connectivity index (χ2n) is 14.8. The van der Waals surface area contributed by atoms with Crippen LogP contribution in [0.5, 0.6) is 11.5 Å². The molecule has 350 valence electrons. The van der Waals surface area contributed by atoms with Crippen LogP contribution >= 0.6 is 21.6 Å². The van der Waals surface area contributed by atoms with Gasteiger partial charge in [-0.05, 0) is 67.5 Å². The molecule has 19 heteroatoms. The molecule has 4 rings (SSSR count). The number of ketones is 1. The summed E-state index contributed by atoms with van der Waals surface area (Å²) in [5.41, 5.74) is 1.45. The van der Waals surface area contributed by atoms with Crippen LogP contribution in [-0.2, 0) is 51.1 Å². The van der Waals surface area contributed by atoms with Gasteiger partial charge in [0.05, 0.1) is 15.8 Å². The van der Waals surface area contributed by atoms with Crippen molar-refractivity contribution in [1.82, 2.24) is 5.32 Å². The Labute approximate surface area is 389 Å². The van der Waals surface area contributed by atoms with Gasteiger partial charge in [-0.3, -0.25) is 44.2 Å². The average molecular weight is 946 g/mol. The van der Waals surface area contributed by atoms with Crippen LogP contribution in [0.3, 0.4) is 0 Å². The van der Waals surface area contributed by atoms with Crippen molar-refractivity contribution < 1.29 is 57.6 Å². The van der Waals surface area contributed by atoms with Crippen molar-refractivity contribution in [2.75, 3.05) is 24.7 Å². The quantitative estimate of drug-likeness (QED) is 0.0130. The van der Waals surface area contributed by atoms with E-state index in [-0.39, 0.29) is 86.3 Å². The number of Topliss-reactive ketones (excluding diaryl/α,β-unsaturated/α-hetero) is 1. The van der Waals surface area contributed by atoms with Gasteiger partial charge in [-0.15, -0.1) is 0 Å². The number of esters is 4. The van der Waals surface area contributed by atoms with Crippen molar-refractivity contribution in [3.05, 3.63) is 141 Å². The van der Waals surface area contributed by atoms with Gasteiger partial charge in [0, 0.05) is 74.3 Å². The van der Waals surface area contributed by atoms with Gasteiger partial charge in [-0.2, -0.15) is 0 Å². The van der Waals surface area contributed by atoms with Crippen LogP contribution in [0, 0.1) is 26.1 Å². The highest BCUT2D eigenvalue weighted by Crippen LogP contribution is 2.23. The van der Waals surface area contributed by atoms with Gasteiger partial charge in [-0.1, -0.05) is 82.3 Å². The smallest absolute Gasteiger partial charge is 0.329 e. The van der Waals surface area contributed by atoms with Gasteiger partial charge in [0.2, 0.25) is 5.91 Å². The van der Waals surface area contributed by atoms with Crippen LogP contribution in [0.4, 0.5) is 11.4 Å². The fraction of sp³-hybridized carbons (Fsp3) is 0.362. The molecule has 0 saturated carbocycles. The van der Waals surface area contributed by atoms with Gasteiger partial charge in [-0.25, -0.2) is 4.79 Å². The Kier molecular flexibility index (Phi) is 22.9. The topological polar surface area (TPSA) is 238 Å². The summed E-state index contributed by atoms with van der Waals surface area (Å²) in [4.78, 5) is 97.1. The van der Waals surface area contributed by atoms with Crippen LogP contribution in [0.2, 0.25) is 0 Å². The van der Waals surface area contributed by atoms with E-state index >= 15 is 0 Å². The number of nitrogens with one attached hydrogen (secondary N) is 1. The van der Waals surface area contributed by atoms with E-state index in [9.17, 15) is 49.0 Å². The summed E-state index contributed by atoms with van der Waals surface area (Å²) < 4.78 is 21.5. The number of non-ortho nitro benzene ring substituents is 2. The third-order valence-electron chi connectivity index (χ3n) is 9.62. The number of ether oxygens (including phenoxy) is 4. The Morgan fingerprint density at radius 1 is 0.545 bits per heavy atom. The molecule has 0 heterocycles. The highest BCUT2D eigenvalue weighted by molar-refractivity contribution is 8.76. The Bertz CT molecular complexity index is 2060. The molecule has 0 aromatic heterocycles. The van der Waals surface area contributed by atoms with Crippen LogP contribution in [0.15, 0.2) is 109 Å². The maximum atomic E-state index is 13.2. The zero-order chi connectivity index (χ0) is 47.5. The van der Waals surface area contributed by atoms with E-state index in [0.29, 0.717) is 43.6 Å². The third kappa shape index (κ3) is 20.5. The predicted octanol–water partition coefficient (Wildman–Crippen LogP) is 8.15. The Balaban J connectivity index is 1.12. The summed E-state index contributed by atoms with van der Waals surface area (Å²) in [6.45, 7) is 0.162. The fourth-order valence-electron chi connectivity index (χ4n) is 6.30. The Morgan fingerprint density at radius 3 is 1.47 bits per heavy atom. The molecule has 0 aliphatic heterocycles. The number of rotatable bonds is 30. The molecule has 17 nitrogen and oxygen atoms in total. The van der Waals surface area contributed by atoms with Crippen molar-refractivity contribution in [2.45, 2.75) is 76.7 Å². The number of carbonyl (C=O) groups is 6. The molecular formula is C47H51N3O14S2. The van der Waals surface area contributed by atoms with E-state index in [0.717, 1.165) is 11.1 Å². The standard InChI is InChI=1S/C47H51N3O14S2/c51-39(15-7-9-17-44(53)63-40-23-19-37(20-24-40)49(57)58)33-36(31-34-11-3-1-4-12-34)46(55)61-27-29-65-66-30-28-62-47(56)42(32-35-13-5-2-6-14-35)48-43(52)16-8-10-18-45(54)64-41-25-21-38(22-26-41)50(59)60/h1-6,11-14,19-26,36,42H,7-10,15-18,27-33H2,(H,48,52). The number of hydrogen-bond donors (Lipinski definition) is 1. The van der Waals surface area contributed by atoms with Crippen LogP contribution in [0.25, 0.3) is 0 Å². The molecule has 1 N–H and O–H groups in total. The first-order chi connectivity index (χ1) is 31.9. The lowest BCUT2D eigenvalue weighted by Gasteiger charge is -2.18. The van der Waals surface area contributed by atoms with E-state index in [1.165, 1.54) is 70.1 Å². The lowest BCUT2D eigenvalue weighted by molar-refractivity contribution is -0.385. The number of amides is 1. The van der Waals surface area contributed by atoms with E-state index in [1.807, 2.05) is 60.7 Å². The number of hydrogen-bond acceptors (Lipinski definition) is 16. The summed E-state index contributed by atoms with van der Waals surface area (Å²) in [7, 11) is 2.84. The summed E-state index contributed by atoms with van der Waals surface area (Å²) in [6, 6.07) is 27.8. The third-order valence-corrected chi connectivity index (χ3v) is 12.0. The molecule has 2 atom stereocenters. The van der Waals surface area contributed by atoms with Crippen molar-refractivity contribution in [2.24, 2.45) is 5.92 Å². The zero-order valence-electron chi connectivity index (χ0n) is 36.1. The Morgan fingerprint density at radius 2 is 0.985 bits per heavy atom. The fourth-order valence-corrected chi connectivity index (χ4v) is 7.95. The number of benzene rings is 4. The van der Waals surface area contributed by atoms with E-state index in [2.05, 4.69) is 5.32 Å². The van der Waals surface area contributed by atoms with Crippen molar-refractivity contribution in [1.29, 1.82) is 0 Å². The number of nitrogens with zero attached hydrogens (tertiary/aromatic N) is 2. The summed E-state index contributed by atoms with van der Waals surface area (Å²) in [5, 5.41) is 24.4. The predicted molar refractivity (Wildman–Crippen MR) is 247 cm³/mol. The van der Waals surface area contributed by atoms with Crippen molar-refractivity contribution in [3.8, 4) is 11.5 Å². The van der Waals surface area contributed by atoms with Crippen molar-refractivity contribution in [3.63, 3.8) is 0 Å². The molecule has 66 heavy (non-hydrogen) atoms. The highest BCUT2D eigenvalue weighted by Gasteiger charge is 2.25. The normalized spacial score (nSPS) is 11.6. The zero-order valence-corrected chi connectivity index (χ0v) is 37.7. The number of nitro benzene ring substituents is 2. The average Bonchev–Trinajstić information content (AvgIpc) is 3.30. The number of unbranched alkanes of at least 4 members (excludes halogenated alkanes) is 2. The first-order valence-corrected chi connectivity index (χ1v) is 23.7. The van der Waals surface area contributed by atoms with Crippen LogP contribution < -0.4 is 14.8 Å². The molecule has 0 aliphatic carbocycles. The second kappa shape index (κ2) is 29.0. The molecule has 4 aromatic rings. The molecule has 0 aliphatic rings.